The van der Waals surface area contributed by atoms with Gasteiger partial charge in [-0.05, 0) is 49.6 Å². The Morgan fingerprint density at radius 1 is 1.08 bits per heavy atom. The lowest BCUT2D eigenvalue weighted by Crippen LogP contribution is -2.31. The van der Waals surface area contributed by atoms with Crippen molar-refractivity contribution in [3.05, 3.63) is 53.6 Å². The van der Waals surface area contributed by atoms with Crippen LogP contribution < -0.4 is 10.1 Å². The summed E-state index contributed by atoms with van der Waals surface area (Å²) in [5.74, 6) is 0.740. The number of allylic oxidation sites excluding steroid dienone is 1. The van der Waals surface area contributed by atoms with E-state index in [1.807, 2.05) is 30.3 Å². The third kappa shape index (κ3) is 3.41. The van der Waals surface area contributed by atoms with Crippen molar-refractivity contribution in [2.75, 3.05) is 19.2 Å². The van der Waals surface area contributed by atoms with Gasteiger partial charge in [-0.25, -0.2) is 0 Å². The second-order valence-electron chi connectivity index (χ2n) is 6.89. The Morgan fingerprint density at radius 2 is 1.84 bits per heavy atom. The van der Waals surface area contributed by atoms with E-state index in [4.69, 9.17) is 9.47 Å². The maximum absolute atomic E-state index is 10.1. The highest BCUT2D eigenvalue weighted by molar-refractivity contribution is 5.88. The largest absolute Gasteiger partial charge is 0.467 e. The zero-order valence-electron chi connectivity index (χ0n) is 15.2. The molecule has 0 aliphatic carbocycles. The van der Waals surface area contributed by atoms with Crippen molar-refractivity contribution in [2.24, 2.45) is 0 Å². The van der Waals surface area contributed by atoms with Gasteiger partial charge in [0.2, 0.25) is 0 Å². The maximum atomic E-state index is 10.1. The molecule has 1 aliphatic rings. The number of hydrogen-bond donors (Lipinski definition) is 2. The molecule has 2 N–H and O–H groups in total. The Morgan fingerprint density at radius 3 is 2.56 bits per heavy atom. The molecule has 1 aliphatic heterocycles. The smallest absolute Gasteiger partial charge is 0.188 e. The fourth-order valence-electron chi connectivity index (χ4n) is 3.55. The fourth-order valence-corrected chi connectivity index (χ4v) is 3.55. The van der Waals surface area contributed by atoms with Gasteiger partial charge in [-0.15, -0.1) is 0 Å². The minimum atomic E-state index is -0.106. The van der Waals surface area contributed by atoms with Crippen LogP contribution in [0.4, 0.5) is 5.69 Å². The molecule has 0 atom stereocenters. The number of aliphatic hydroxyl groups excluding tert-OH is 1. The van der Waals surface area contributed by atoms with Gasteiger partial charge in [0.1, 0.15) is 5.75 Å². The van der Waals surface area contributed by atoms with Crippen LogP contribution in [-0.2, 0) is 11.3 Å². The van der Waals surface area contributed by atoms with Crippen molar-refractivity contribution >= 4 is 11.3 Å². The van der Waals surface area contributed by atoms with Gasteiger partial charge < -0.3 is 19.9 Å². The van der Waals surface area contributed by atoms with Gasteiger partial charge in [0, 0.05) is 23.9 Å². The van der Waals surface area contributed by atoms with E-state index in [1.54, 1.807) is 7.11 Å². The van der Waals surface area contributed by atoms with Crippen LogP contribution in [-0.4, -0.2) is 24.5 Å². The van der Waals surface area contributed by atoms with E-state index in [1.165, 1.54) is 5.57 Å². The van der Waals surface area contributed by atoms with Crippen LogP contribution in [0.3, 0.4) is 0 Å². The van der Waals surface area contributed by atoms with Crippen LogP contribution in [0.1, 0.15) is 31.9 Å². The second kappa shape index (κ2) is 6.90. The summed E-state index contributed by atoms with van der Waals surface area (Å²) in [5, 5.41) is 13.7. The number of methoxy groups -OCH3 is 1. The van der Waals surface area contributed by atoms with Gasteiger partial charge in [0.25, 0.3) is 0 Å². The van der Waals surface area contributed by atoms with E-state index in [0.29, 0.717) is 0 Å². The number of anilines is 1. The van der Waals surface area contributed by atoms with Crippen molar-refractivity contribution in [1.29, 1.82) is 0 Å². The highest BCUT2D eigenvalue weighted by atomic mass is 16.7. The lowest BCUT2D eigenvalue weighted by Gasteiger charge is -2.33. The molecule has 2 aromatic rings. The Hall–Kier alpha value is -2.30. The second-order valence-corrected chi connectivity index (χ2v) is 6.89. The summed E-state index contributed by atoms with van der Waals surface area (Å²) >= 11 is 0. The molecule has 0 spiro atoms. The Bertz CT molecular complexity index is 809. The predicted octanol–water partition coefficient (Wildman–Crippen LogP) is 4.44. The summed E-state index contributed by atoms with van der Waals surface area (Å²) in [7, 11) is 1.60. The number of rotatable bonds is 5. The lowest BCUT2D eigenvalue weighted by atomic mass is 9.85. The van der Waals surface area contributed by atoms with E-state index in [9.17, 15) is 5.11 Å². The molecule has 0 saturated heterocycles. The fraction of sp³-hybridized carbons (Fsp3) is 0.333. The predicted molar refractivity (Wildman–Crippen MR) is 102 cm³/mol. The molecule has 0 radical (unpaired) electrons. The van der Waals surface area contributed by atoms with Crippen molar-refractivity contribution in [3.8, 4) is 16.9 Å². The van der Waals surface area contributed by atoms with E-state index in [2.05, 4.69) is 38.2 Å². The standard InChI is InChI=1S/C21H25NO3/c1-14-11-21(2,3)22-18-10-9-15(17(12-23)20(14)18)16-7-5-6-8-19(16)25-13-24-4/h5-11,22-23H,12-13H2,1-4H3. The van der Waals surface area contributed by atoms with E-state index < -0.39 is 0 Å². The highest BCUT2D eigenvalue weighted by Crippen LogP contribution is 2.42. The zero-order chi connectivity index (χ0) is 18.0. The molecule has 1 heterocycles. The summed E-state index contributed by atoms with van der Waals surface area (Å²) in [5.41, 5.74) is 6.01. The third-order valence-corrected chi connectivity index (χ3v) is 4.41. The van der Waals surface area contributed by atoms with Gasteiger partial charge in [0.05, 0.1) is 12.1 Å². The maximum Gasteiger partial charge on any atom is 0.188 e. The van der Waals surface area contributed by atoms with E-state index >= 15 is 0 Å². The third-order valence-electron chi connectivity index (χ3n) is 4.41. The number of fused-ring (bicyclic) bond motifs is 1. The van der Waals surface area contributed by atoms with Crippen LogP contribution in [0.25, 0.3) is 16.7 Å². The molecular formula is C21H25NO3. The highest BCUT2D eigenvalue weighted by Gasteiger charge is 2.26. The van der Waals surface area contributed by atoms with E-state index in [0.717, 1.165) is 33.7 Å². The molecule has 25 heavy (non-hydrogen) atoms. The summed E-state index contributed by atoms with van der Waals surface area (Å²) in [6.45, 7) is 6.52. The zero-order valence-corrected chi connectivity index (χ0v) is 15.2. The van der Waals surface area contributed by atoms with Crippen molar-refractivity contribution in [1.82, 2.24) is 0 Å². The first-order valence-electron chi connectivity index (χ1n) is 8.42. The van der Waals surface area contributed by atoms with Gasteiger partial charge in [-0.3, -0.25) is 0 Å². The summed E-state index contributed by atoms with van der Waals surface area (Å²) in [4.78, 5) is 0. The Labute approximate surface area is 149 Å². The molecule has 3 rings (SSSR count). The van der Waals surface area contributed by atoms with E-state index in [-0.39, 0.29) is 18.9 Å². The summed E-state index contributed by atoms with van der Waals surface area (Å²) < 4.78 is 10.7. The molecule has 0 amide bonds. The van der Waals surface area contributed by atoms with Gasteiger partial charge in [-0.1, -0.05) is 30.3 Å². The van der Waals surface area contributed by atoms with Crippen LogP contribution in [0.2, 0.25) is 0 Å². The number of para-hydroxylation sites is 1. The molecule has 0 fully saturated rings. The molecule has 4 heteroatoms. The number of hydrogen-bond acceptors (Lipinski definition) is 4. The first-order chi connectivity index (χ1) is 12.0. The SMILES string of the molecule is COCOc1ccccc1-c1ccc2c(c1CO)C(C)=CC(C)(C)N2. The summed E-state index contributed by atoms with van der Waals surface area (Å²) in [6, 6.07) is 11.9. The minimum Gasteiger partial charge on any atom is -0.467 e. The summed E-state index contributed by atoms with van der Waals surface area (Å²) in [6.07, 6.45) is 2.20. The minimum absolute atomic E-state index is 0.0373. The van der Waals surface area contributed by atoms with Gasteiger partial charge >= 0.3 is 0 Å². The first-order valence-corrected chi connectivity index (χ1v) is 8.42. The molecule has 0 unspecified atom stereocenters. The van der Waals surface area contributed by atoms with Crippen LogP contribution in [0.5, 0.6) is 5.75 Å². The molecule has 0 saturated carbocycles. The van der Waals surface area contributed by atoms with Gasteiger partial charge in [0.15, 0.2) is 6.79 Å². The molecule has 0 bridgehead atoms. The number of nitrogens with one attached hydrogen (secondary N) is 1. The van der Waals surface area contributed by atoms with Crippen molar-refractivity contribution < 1.29 is 14.6 Å². The topological polar surface area (TPSA) is 50.7 Å². The monoisotopic (exact) mass is 339 g/mol. The van der Waals surface area contributed by atoms with Crippen LogP contribution >= 0.6 is 0 Å². The van der Waals surface area contributed by atoms with Gasteiger partial charge in [-0.2, -0.15) is 0 Å². The number of benzene rings is 2. The van der Waals surface area contributed by atoms with Crippen LogP contribution in [0.15, 0.2) is 42.5 Å². The Balaban J connectivity index is 2.16. The number of ether oxygens (including phenoxy) is 2. The quantitative estimate of drug-likeness (QED) is 0.791. The molecule has 2 aromatic carbocycles. The molecule has 132 valence electrons. The average Bonchev–Trinajstić information content (AvgIpc) is 2.58. The molecular weight excluding hydrogens is 314 g/mol. The number of aliphatic hydroxyl groups is 1. The van der Waals surface area contributed by atoms with Crippen LogP contribution in [0, 0.1) is 0 Å². The lowest BCUT2D eigenvalue weighted by molar-refractivity contribution is 0.0515. The average molecular weight is 339 g/mol. The molecule has 4 nitrogen and oxygen atoms in total. The van der Waals surface area contributed by atoms with Crippen molar-refractivity contribution in [2.45, 2.75) is 32.9 Å². The van der Waals surface area contributed by atoms with Crippen molar-refractivity contribution in [3.63, 3.8) is 0 Å². The normalized spacial score (nSPS) is 15.2. The Kier molecular flexibility index (Phi) is 4.84. The molecule has 0 aromatic heterocycles. The first kappa shape index (κ1) is 17.5.